The molecule has 0 radical (unpaired) electrons. The molecule has 8 aromatic rings. The number of carbonyl (C=O) groups is 2. The van der Waals surface area contributed by atoms with Crippen molar-refractivity contribution in [2.45, 2.75) is 40.3 Å². The quantitative estimate of drug-likeness (QED) is 0.0988. The van der Waals surface area contributed by atoms with Crippen LogP contribution in [0.5, 0.6) is 0 Å². The predicted octanol–water partition coefficient (Wildman–Crippen LogP) is 7.87. The number of nitrogens with two attached hydrogens (primary N) is 1. The number of benzene rings is 2. The van der Waals surface area contributed by atoms with Gasteiger partial charge in [0.25, 0.3) is 0 Å². The third-order valence-corrected chi connectivity index (χ3v) is 8.44. The normalized spacial score (nSPS) is 10.3. The Morgan fingerprint density at radius 2 is 1.19 bits per heavy atom. The van der Waals surface area contributed by atoms with E-state index in [1.807, 2.05) is 96.3 Å². The molecule has 2 N–H and O–H groups in total. The van der Waals surface area contributed by atoms with Crippen LogP contribution in [-0.4, -0.2) is 58.2 Å². The van der Waals surface area contributed by atoms with Crippen molar-refractivity contribution >= 4 is 29.8 Å². The van der Waals surface area contributed by atoms with E-state index in [0.717, 1.165) is 39.9 Å². The zero-order valence-electron chi connectivity index (χ0n) is 32.1. The van der Waals surface area contributed by atoms with Crippen LogP contribution in [0.15, 0.2) is 144 Å². The summed E-state index contributed by atoms with van der Waals surface area (Å²) in [5, 5.41) is 16.1. The topological polar surface area (TPSA) is 183 Å². The number of ether oxygens (including phenoxy) is 1. The van der Waals surface area contributed by atoms with Gasteiger partial charge < -0.3 is 19.5 Å². The maximum Gasteiger partial charge on any atom is 0.360 e. The summed E-state index contributed by atoms with van der Waals surface area (Å²) in [5.41, 5.74) is 13.7. The molecule has 0 atom stereocenters. The Balaban J connectivity index is 0.000000178. The minimum atomic E-state index is -0.478. The van der Waals surface area contributed by atoms with Gasteiger partial charge in [-0.15, -0.1) is 12.4 Å². The fourth-order valence-electron chi connectivity index (χ4n) is 5.60. The van der Waals surface area contributed by atoms with Gasteiger partial charge in [0.1, 0.15) is 0 Å². The zero-order chi connectivity index (χ0) is 40.0. The van der Waals surface area contributed by atoms with Gasteiger partial charge in [-0.1, -0.05) is 71.0 Å². The largest absolute Gasteiger partial charge is 0.461 e. The van der Waals surface area contributed by atoms with Gasteiger partial charge in [-0.05, 0) is 60.7 Å². The molecule has 2 aromatic carbocycles. The molecule has 0 saturated heterocycles. The summed E-state index contributed by atoms with van der Waals surface area (Å²) in [6.07, 6.45) is 14.1. The van der Waals surface area contributed by atoms with Crippen LogP contribution in [0.3, 0.4) is 0 Å². The number of carbonyl (C=O) groups excluding carboxylic acids is 2. The smallest absolute Gasteiger partial charge is 0.360 e. The van der Waals surface area contributed by atoms with E-state index in [0.29, 0.717) is 36.1 Å². The van der Waals surface area contributed by atoms with Gasteiger partial charge in [0, 0.05) is 66.9 Å². The van der Waals surface area contributed by atoms with Crippen molar-refractivity contribution in [1.82, 2.24) is 39.8 Å². The zero-order valence-corrected chi connectivity index (χ0v) is 33.0. The van der Waals surface area contributed by atoms with Crippen LogP contribution >= 0.6 is 12.4 Å². The number of hydrogen-bond acceptors (Lipinski definition) is 12. The highest BCUT2D eigenvalue weighted by atomic mass is 35.5. The number of esters is 1. The molecule has 6 heterocycles. The average Bonchev–Trinajstić information content (AvgIpc) is 4.06. The first-order valence-corrected chi connectivity index (χ1v) is 18.1. The molecule has 0 aliphatic rings. The Morgan fingerprint density at radius 1 is 0.672 bits per heavy atom. The van der Waals surface area contributed by atoms with Gasteiger partial charge in [-0.25, -0.2) is 4.79 Å². The molecule has 6 aromatic heterocycles. The third kappa shape index (κ3) is 11.7. The fourth-order valence-corrected chi connectivity index (χ4v) is 5.60. The number of aryl methyl sites for hydroxylation is 2. The first-order valence-electron chi connectivity index (χ1n) is 18.1. The summed E-state index contributed by atoms with van der Waals surface area (Å²) >= 11 is 0. The molecule has 15 heteroatoms. The summed E-state index contributed by atoms with van der Waals surface area (Å²) in [5.74, 6) is 0.524. The highest BCUT2D eigenvalue weighted by Crippen LogP contribution is 2.24. The van der Waals surface area contributed by atoms with Gasteiger partial charge in [0.2, 0.25) is 0 Å². The van der Waals surface area contributed by atoms with Crippen LogP contribution in [0.25, 0.3) is 22.6 Å². The summed E-state index contributed by atoms with van der Waals surface area (Å²) in [4.78, 5) is 32.0. The molecule has 0 aliphatic carbocycles. The molecule has 296 valence electrons. The number of rotatable bonds is 11. The van der Waals surface area contributed by atoms with Crippen LogP contribution in [0.1, 0.15) is 55.7 Å². The van der Waals surface area contributed by atoms with E-state index in [1.165, 1.54) is 5.56 Å². The number of Topliss-reactive ketones (excluding diaryl/α,β-unsaturated/α-hetero) is 1. The van der Waals surface area contributed by atoms with E-state index in [4.69, 9.17) is 19.5 Å². The second-order valence-corrected chi connectivity index (χ2v) is 12.8. The Morgan fingerprint density at radius 3 is 1.71 bits per heavy atom. The van der Waals surface area contributed by atoms with Crippen molar-refractivity contribution in [3.8, 4) is 22.6 Å². The monoisotopic (exact) mass is 799 g/mol. The molecule has 0 amide bonds. The number of anilines is 1. The Kier molecular flexibility index (Phi) is 14.9. The van der Waals surface area contributed by atoms with Crippen molar-refractivity contribution in [3.05, 3.63) is 174 Å². The van der Waals surface area contributed by atoms with Crippen molar-refractivity contribution in [2.75, 3.05) is 12.3 Å². The summed E-state index contributed by atoms with van der Waals surface area (Å²) in [7, 11) is 0. The maximum absolute atomic E-state index is 12.5. The second-order valence-electron chi connectivity index (χ2n) is 12.8. The first-order chi connectivity index (χ1) is 27.7. The molecule has 0 bridgehead atoms. The molecule has 0 fully saturated rings. The molecular formula is C43H42ClN9O5. The van der Waals surface area contributed by atoms with E-state index in [9.17, 15) is 9.59 Å². The molecule has 8 rings (SSSR count). The van der Waals surface area contributed by atoms with E-state index in [-0.39, 0.29) is 30.3 Å². The van der Waals surface area contributed by atoms with Crippen LogP contribution in [0, 0.1) is 13.8 Å². The number of nitrogen functional groups attached to an aromatic ring is 1. The lowest BCUT2D eigenvalue weighted by molar-refractivity contribution is 0.0514. The standard InChI is InChI=1S/C21H18N4O2.C12H12N2O3.C10H11N3.ClH/c1-15-11-22-8-7-18(15)21-10-19(24-27-21)20(26)9-17-12-23-25(14-17)13-16-5-3-2-4-6-16;1-3-16-12(15)10-6-11(17-14-10)9-4-5-13-7-8(9)2;11-10-6-12-13(8-10)7-9-4-2-1-3-5-9;/h2-8,10-12,14H,9,13H2,1H3;4-7H,3H2,1-2H3;1-6,8H,7,11H2;1H. The van der Waals surface area contributed by atoms with E-state index >= 15 is 0 Å². The van der Waals surface area contributed by atoms with Crippen molar-refractivity contribution in [1.29, 1.82) is 0 Å². The first kappa shape index (κ1) is 42.0. The highest BCUT2D eigenvalue weighted by molar-refractivity contribution is 5.96. The van der Waals surface area contributed by atoms with Gasteiger partial charge in [0.05, 0.1) is 37.8 Å². The number of ketones is 1. The van der Waals surface area contributed by atoms with Gasteiger partial charge >= 0.3 is 5.97 Å². The molecule has 0 spiro atoms. The molecule has 58 heavy (non-hydrogen) atoms. The molecule has 0 aliphatic heterocycles. The average molecular weight is 800 g/mol. The summed E-state index contributed by atoms with van der Waals surface area (Å²) < 4.78 is 19.0. The van der Waals surface area contributed by atoms with Crippen LogP contribution in [0.4, 0.5) is 5.69 Å². The summed E-state index contributed by atoms with van der Waals surface area (Å²) in [6.45, 7) is 7.35. The predicted molar refractivity (Wildman–Crippen MR) is 220 cm³/mol. The number of aromatic nitrogens is 8. The highest BCUT2D eigenvalue weighted by Gasteiger charge is 2.17. The Hall–Kier alpha value is -7.19. The second kappa shape index (κ2) is 20.6. The third-order valence-electron chi connectivity index (χ3n) is 8.44. The molecule has 0 saturated carbocycles. The van der Waals surface area contributed by atoms with Gasteiger partial charge in [-0.3, -0.25) is 24.1 Å². The Labute approximate surface area is 341 Å². The Bertz CT molecular complexity index is 2510. The molecule has 0 unspecified atom stereocenters. The lowest BCUT2D eigenvalue weighted by Crippen LogP contribution is -2.04. The van der Waals surface area contributed by atoms with Crippen molar-refractivity contribution in [3.63, 3.8) is 0 Å². The van der Waals surface area contributed by atoms with E-state index in [1.54, 1.807) is 56.2 Å². The van der Waals surface area contributed by atoms with Crippen LogP contribution in [-0.2, 0) is 24.2 Å². The van der Waals surface area contributed by atoms with Crippen LogP contribution in [0.2, 0.25) is 0 Å². The van der Waals surface area contributed by atoms with Gasteiger partial charge in [0.15, 0.2) is 28.7 Å². The fraction of sp³-hybridized carbons (Fsp3) is 0.163. The lowest BCUT2D eigenvalue weighted by Gasteiger charge is -2.00. The summed E-state index contributed by atoms with van der Waals surface area (Å²) in [6, 6.07) is 27.1. The molecular weight excluding hydrogens is 758 g/mol. The molecule has 14 nitrogen and oxygen atoms in total. The SMILES string of the molecule is CCOC(=O)c1cc(-c2ccncc2C)on1.Cc1cnccc1-c1cc(C(=O)Cc2cnn(Cc3ccccc3)c2)no1.Cl.Nc1cnn(Cc2ccccc2)c1. The number of nitrogens with zero attached hydrogens (tertiary/aromatic N) is 8. The minimum absolute atomic E-state index is 0. The minimum Gasteiger partial charge on any atom is -0.461 e. The number of pyridine rings is 2. The van der Waals surface area contributed by atoms with Crippen molar-refractivity contribution in [2.24, 2.45) is 0 Å². The number of hydrogen-bond donors (Lipinski definition) is 1. The van der Waals surface area contributed by atoms with E-state index < -0.39 is 5.97 Å². The number of halogens is 1. The van der Waals surface area contributed by atoms with E-state index in [2.05, 4.69) is 42.6 Å². The lowest BCUT2D eigenvalue weighted by atomic mass is 10.1. The van der Waals surface area contributed by atoms with Gasteiger partial charge in [-0.2, -0.15) is 10.2 Å². The maximum atomic E-state index is 12.5. The van der Waals surface area contributed by atoms with Crippen molar-refractivity contribution < 1.29 is 23.4 Å². The van der Waals surface area contributed by atoms with Crippen LogP contribution < -0.4 is 5.73 Å².